The first-order valence-electron chi connectivity index (χ1n) is 4.27. The fourth-order valence-electron chi connectivity index (χ4n) is 1.71. The normalized spacial score (nSPS) is 22.1. The van der Waals surface area contributed by atoms with E-state index in [2.05, 4.69) is 30.6 Å². The molecule has 0 spiro atoms. The molecule has 1 saturated heterocycles. The van der Waals surface area contributed by atoms with Gasteiger partial charge in [-0.15, -0.1) is 12.4 Å². The van der Waals surface area contributed by atoms with Crippen LogP contribution in [0.1, 0.15) is 20.8 Å². The highest BCUT2D eigenvalue weighted by molar-refractivity contribution is 5.85. The van der Waals surface area contributed by atoms with Crippen molar-refractivity contribution in [1.82, 2.24) is 9.80 Å². The maximum atomic E-state index is 2.50. The monoisotopic (exact) mass is 178 g/mol. The zero-order valence-corrected chi connectivity index (χ0v) is 8.52. The van der Waals surface area contributed by atoms with Crippen LogP contribution < -0.4 is 0 Å². The van der Waals surface area contributed by atoms with Crippen LogP contribution in [0, 0.1) is 0 Å². The molecule has 0 aromatic rings. The molecule has 0 aromatic heterocycles. The summed E-state index contributed by atoms with van der Waals surface area (Å²) in [7, 11) is 0. The molecule has 0 unspecified atom stereocenters. The van der Waals surface area contributed by atoms with Crippen LogP contribution in [0.2, 0.25) is 0 Å². The van der Waals surface area contributed by atoms with E-state index in [0.29, 0.717) is 6.17 Å². The van der Waals surface area contributed by atoms with E-state index in [0.717, 1.165) is 0 Å². The van der Waals surface area contributed by atoms with Crippen molar-refractivity contribution in [3.05, 3.63) is 0 Å². The summed E-state index contributed by atoms with van der Waals surface area (Å²) < 4.78 is 0. The Labute approximate surface area is 76.0 Å². The fourth-order valence-corrected chi connectivity index (χ4v) is 1.71. The van der Waals surface area contributed by atoms with Gasteiger partial charge in [0.15, 0.2) is 0 Å². The van der Waals surface area contributed by atoms with Gasteiger partial charge in [0.05, 0.1) is 6.17 Å². The summed E-state index contributed by atoms with van der Waals surface area (Å²) in [5, 5.41) is 0. The highest BCUT2D eigenvalue weighted by Gasteiger charge is 2.24. The molecular formula is C8H19ClN2. The van der Waals surface area contributed by atoms with Crippen molar-refractivity contribution in [3.8, 4) is 0 Å². The Morgan fingerprint density at radius 1 is 1.09 bits per heavy atom. The minimum absolute atomic E-state index is 0. The van der Waals surface area contributed by atoms with Crippen molar-refractivity contribution in [2.75, 3.05) is 26.2 Å². The summed E-state index contributed by atoms with van der Waals surface area (Å²) in [5.74, 6) is 0. The van der Waals surface area contributed by atoms with E-state index in [-0.39, 0.29) is 12.4 Å². The molecule has 0 aromatic carbocycles. The van der Waals surface area contributed by atoms with E-state index < -0.39 is 0 Å². The summed E-state index contributed by atoms with van der Waals surface area (Å²) in [6.45, 7) is 11.7. The zero-order chi connectivity index (χ0) is 7.56. The van der Waals surface area contributed by atoms with Crippen molar-refractivity contribution in [1.29, 1.82) is 0 Å². The second kappa shape index (κ2) is 4.96. The van der Waals surface area contributed by atoms with E-state index in [1.165, 1.54) is 26.2 Å². The molecule has 68 valence electrons. The molecule has 0 amide bonds. The Balaban J connectivity index is 0.000001000. The predicted octanol–water partition coefficient (Wildman–Crippen LogP) is 1.41. The van der Waals surface area contributed by atoms with Gasteiger partial charge in [-0.1, -0.05) is 13.8 Å². The molecule has 1 aliphatic rings. The highest BCUT2D eigenvalue weighted by atomic mass is 35.5. The van der Waals surface area contributed by atoms with Gasteiger partial charge < -0.3 is 0 Å². The van der Waals surface area contributed by atoms with E-state index in [4.69, 9.17) is 0 Å². The first kappa shape index (κ1) is 11.2. The summed E-state index contributed by atoms with van der Waals surface area (Å²) in [6, 6.07) is 0. The smallest absolute Gasteiger partial charge is 0.0594 e. The minimum atomic E-state index is 0. The molecule has 1 heterocycles. The molecule has 0 N–H and O–H groups in total. The van der Waals surface area contributed by atoms with Crippen LogP contribution in [0.5, 0.6) is 0 Å². The Bertz CT molecular complexity index is 96.3. The average molecular weight is 179 g/mol. The molecule has 1 aliphatic heterocycles. The van der Waals surface area contributed by atoms with Crippen LogP contribution in [0.15, 0.2) is 0 Å². The van der Waals surface area contributed by atoms with Crippen LogP contribution in [-0.2, 0) is 0 Å². The zero-order valence-electron chi connectivity index (χ0n) is 7.71. The first-order chi connectivity index (χ1) is 4.79. The van der Waals surface area contributed by atoms with Crippen molar-refractivity contribution in [2.24, 2.45) is 0 Å². The van der Waals surface area contributed by atoms with Gasteiger partial charge in [-0.3, -0.25) is 9.80 Å². The summed E-state index contributed by atoms with van der Waals surface area (Å²) >= 11 is 0. The third-order valence-corrected chi connectivity index (χ3v) is 2.54. The Morgan fingerprint density at radius 2 is 1.45 bits per heavy atom. The lowest BCUT2D eigenvalue weighted by Gasteiger charge is -2.24. The summed E-state index contributed by atoms with van der Waals surface area (Å²) in [5.41, 5.74) is 0. The van der Waals surface area contributed by atoms with E-state index >= 15 is 0 Å². The molecule has 0 atom stereocenters. The molecule has 11 heavy (non-hydrogen) atoms. The van der Waals surface area contributed by atoms with E-state index in [1.807, 2.05) is 0 Å². The van der Waals surface area contributed by atoms with Crippen LogP contribution >= 0.6 is 12.4 Å². The van der Waals surface area contributed by atoms with E-state index in [9.17, 15) is 0 Å². The van der Waals surface area contributed by atoms with Crippen molar-refractivity contribution in [2.45, 2.75) is 26.9 Å². The fraction of sp³-hybridized carbons (Fsp3) is 1.00. The molecule has 2 nitrogen and oxygen atoms in total. The van der Waals surface area contributed by atoms with Crippen molar-refractivity contribution >= 4 is 12.4 Å². The maximum absolute atomic E-state index is 2.50. The number of likely N-dealkylation sites (N-methyl/N-ethyl adjacent to an activating group) is 2. The lowest BCUT2D eigenvalue weighted by Crippen LogP contribution is -2.35. The molecule has 1 fully saturated rings. The van der Waals surface area contributed by atoms with E-state index in [1.54, 1.807) is 0 Å². The molecule has 0 saturated carbocycles. The lowest BCUT2D eigenvalue weighted by molar-refractivity contribution is 0.165. The summed E-state index contributed by atoms with van der Waals surface area (Å²) in [6.07, 6.45) is 0.676. The van der Waals surface area contributed by atoms with Crippen molar-refractivity contribution < 1.29 is 0 Å². The Kier molecular flexibility index (Phi) is 5.06. The van der Waals surface area contributed by atoms with Gasteiger partial charge in [-0.2, -0.15) is 0 Å². The molecule has 3 heteroatoms. The number of hydrogen-bond acceptors (Lipinski definition) is 2. The van der Waals surface area contributed by atoms with Crippen LogP contribution in [0.25, 0.3) is 0 Å². The molecule has 0 radical (unpaired) electrons. The van der Waals surface area contributed by atoms with Crippen LogP contribution in [0.3, 0.4) is 0 Å². The maximum Gasteiger partial charge on any atom is 0.0594 e. The minimum Gasteiger partial charge on any atom is -0.287 e. The first-order valence-corrected chi connectivity index (χ1v) is 4.27. The number of nitrogens with zero attached hydrogens (tertiary/aromatic N) is 2. The van der Waals surface area contributed by atoms with Gasteiger partial charge in [0.2, 0.25) is 0 Å². The second-order valence-corrected chi connectivity index (χ2v) is 2.89. The van der Waals surface area contributed by atoms with Crippen LogP contribution in [-0.4, -0.2) is 42.1 Å². The number of halogens is 1. The van der Waals surface area contributed by atoms with Gasteiger partial charge >= 0.3 is 0 Å². The van der Waals surface area contributed by atoms with Gasteiger partial charge in [-0.25, -0.2) is 0 Å². The van der Waals surface area contributed by atoms with Gasteiger partial charge in [0, 0.05) is 13.1 Å². The SMILES string of the molecule is CCN1CCN(CC)C1C.Cl. The predicted molar refractivity (Wildman–Crippen MR) is 51.2 cm³/mol. The largest absolute Gasteiger partial charge is 0.287 e. The average Bonchev–Trinajstić information content (AvgIpc) is 2.30. The molecular weight excluding hydrogens is 160 g/mol. The van der Waals surface area contributed by atoms with Crippen molar-refractivity contribution in [3.63, 3.8) is 0 Å². The third-order valence-electron chi connectivity index (χ3n) is 2.54. The Hall–Kier alpha value is 0.210. The molecule has 0 aliphatic carbocycles. The third kappa shape index (κ3) is 2.32. The van der Waals surface area contributed by atoms with Gasteiger partial charge in [-0.05, 0) is 20.0 Å². The van der Waals surface area contributed by atoms with Gasteiger partial charge in [0.25, 0.3) is 0 Å². The highest BCUT2D eigenvalue weighted by Crippen LogP contribution is 2.11. The lowest BCUT2D eigenvalue weighted by atomic mass is 10.4. The molecule has 1 rings (SSSR count). The van der Waals surface area contributed by atoms with Gasteiger partial charge in [0.1, 0.15) is 0 Å². The topological polar surface area (TPSA) is 6.48 Å². The quantitative estimate of drug-likeness (QED) is 0.631. The summed E-state index contributed by atoms with van der Waals surface area (Å²) in [4.78, 5) is 5.01. The van der Waals surface area contributed by atoms with Crippen LogP contribution in [0.4, 0.5) is 0 Å². The molecule has 0 bridgehead atoms. The number of rotatable bonds is 2. The standard InChI is InChI=1S/C8H18N2.ClH/c1-4-9-6-7-10(5-2)8(9)3;/h8H,4-7H2,1-3H3;1H. The number of hydrogen-bond donors (Lipinski definition) is 0. The Morgan fingerprint density at radius 3 is 1.64 bits per heavy atom. The second-order valence-electron chi connectivity index (χ2n) is 2.89.